The maximum Gasteiger partial charge on any atom is 0.252 e. The average molecular weight is 305 g/mol. The Morgan fingerprint density at radius 3 is 2.52 bits per heavy atom. The molecule has 8 heteroatoms. The SMILES string of the molecule is CC1=NN(c2nc(N)nc(C3=C(N)CCS3)n2)C(C)(C)C1. The summed E-state index contributed by atoms with van der Waals surface area (Å²) in [5.74, 6) is 2.17. The minimum atomic E-state index is -0.169. The lowest BCUT2D eigenvalue weighted by Gasteiger charge is -2.28. The summed E-state index contributed by atoms with van der Waals surface area (Å²) in [5.41, 5.74) is 13.6. The lowest BCUT2D eigenvalue weighted by Crippen LogP contribution is -2.37. The number of thioether (sulfide) groups is 1. The molecule has 0 fully saturated rings. The molecular formula is C13H19N7S. The topological polar surface area (TPSA) is 106 Å². The van der Waals surface area contributed by atoms with Crippen LogP contribution in [0.1, 0.15) is 39.4 Å². The van der Waals surface area contributed by atoms with Crippen LogP contribution in [0.4, 0.5) is 11.9 Å². The smallest absolute Gasteiger partial charge is 0.252 e. The van der Waals surface area contributed by atoms with E-state index in [-0.39, 0.29) is 11.5 Å². The summed E-state index contributed by atoms with van der Waals surface area (Å²) in [6.07, 6.45) is 1.72. The third kappa shape index (κ3) is 2.55. The van der Waals surface area contributed by atoms with Crippen molar-refractivity contribution in [3.8, 4) is 0 Å². The molecule has 0 spiro atoms. The molecule has 1 aromatic rings. The first-order valence-electron chi connectivity index (χ1n) is 6.84. The van der Waals surface area contributed by atoms with Gasteiger partial charge in [0.25, 0.3) is 5.95 Å². The minimum Gasteiger partial charge on any atom is -0.401 e. The Morgan fingerprint density at radius 2 is 1.95 bits per heavy atom. The molecule has 21 heavy (non-hydrogen) atoms. The Hall–Kier alpha value is -1.83. The van der Waals surface area contributed by atoms with Crippen LogP contribution in [0.3, 0.4) is 0 Å². The highest BCUT2D eigenvalue weighted by Gasteiger charge is 2.35. The highest BCUT2D eigenvalue weighted by Crippen LogP contribution is 2.37. The number of aromatic nitrogens is 3. The maximum absolute atomic E-state index is 6.02. The van der Waals surface area contributed by atoms with Crippen molar-refractivity contribution in [1.82, 2.24) is 15.0 Å². The van der Waals surface area contributed by atoms with Crippen LogP contribution in [0, 0.1) is 0 Å². The fraction of sp³-hybridized carbons (Fsp3) is 0.538. The summed E-state index contributed by atoms with van der Waals surface area (Å²) in [4.78, 5) is 13.9. The number of nitrogen functional groups attached to an aromatic ring is 1. The monoisotopic (exact) mass is 305 g/mol. The molecule has 1 aromatic heterocycles. The molecule has 0 unspecified atom stereocenters. The van der Waals surface area contributed by atoms with E-state index < -0.39 is 0 Å². The number of hydrogen-bond donors (Lipinski definition) is 2. The van der Waals surface area contributed by atoms with E-state index in [0.29, 0.717) is 11.8 Å². The van der Waals surface area contributed by atoms with Crippen molar-refractivity contribution in [3.63, 3.8) is 0 Å². The highest BCUT2D eigenvalue weighted by atomic mass is 32.2. The van der Waals surface area contributed by atoms with Gasteiger partial charge in [0.05, 0.1) is 10.4 Å². The Labute approximate surface area is 127 Å². The number of nitrogens with zero attached hydrogens (tertiary/aromatic N) is 5. The molecular weight excluding hydrogens is 286 g/mol. The van der Waals surface area contributed by atoms with Gasteiger partial charge in [0.2, 0.25) is 5.95 Å². The molecule has 0 atom stereocenters. The lowest BCUT2D eigenvalue weighted by atomic mass is 9.99. The van der Waals surface area contributed by atoms with E-state index in [1.807, 2.05) is 11.9 Å². The molecule has 0 aromatic carbocycles. The molecule has 7 nitrogen and oxygen atoms in total. The largest absolute Gasteiger partial charge is 0.401 e. The van der Waals surface area contributed by atoms with Crippen molar-refractivity contribution in [1.29, 1.82) is 0 Å². The quantitative estimate of drug-likeness (QED) is 0.854. The van der Waals surface area contributed by atoms with Crippen LogP contribution >= 0.6 is 11.8 Å². The minimum absolute atomic E-state index is 0.169. The summed E-state index contributed by atoms with van der Waals surface area (Å²) in [6.45, 7) is 6.20. The molecule has 2 aliphatic heterocycles. The van der Waals surface area contributed by atoms with Crippen LogP contribution in [0.5, 0.6) is 0 Å². The zero-order valence-electron chi connectivity index (χ0n) is 12.4. The average Bonchev–Trinajstić information content (AvgIpc) is 2.91. The Kier molecular flexibility index (Phi) is 3.27. The fourth-order valence-electron chi connectivity index (χ4n) is 2.61. The van der Waals surface area contributed by atoms with E-state index in [4.69, 9.17) is 11.5 Å². The van der Waals surface area contributed by atoms with Gasteiger partial charge >= 0.3 is 0 Å². The number of anilines is 2. The van der Waals surface area contributed by atoms with Crippen molar-refractivity contribution in [2.75, 3.05) is 16.5 Å². The highest BCUT2D eigenvalue weighted by molar-refractivity contribution is 8.08. The standard InChI is InChI=1S/C13H19N7S/c1-7-6-13(2,3)20(19-7)12-17-10(16-11(15)18-12)9-8(14)4-5-21-9/h4-6,14H2,1-3H3,(H2,15,16,17,18). The summed E-state index contributed by atoms with van der Waals surface area (Å²) >= 11 is 1.66. The third-order valence-electron chi connectivity index (χ3n) is 3.48. The predicted octanol–water partition coefficient (Wildman–Crippen LogP) is 1.58. The van der Waals surface area contributed by atoms with Crippen molar-refractivity contribution in [2.45, 2.75) is 39.2 Å². The first-order chi connectivity index (χ1) is 9.87. The van der Waals surface area contributed by atoms with Gasteiger partial charge in [0.15, 0.2) is 5.82 Å². The predicted molar refractivity (Wildman–Crippen MR) is 86.7 cm³/mol. The van der Waals surface area contributed by atoms with E-state index in [1.165, 1.54) is 0 Å². The number of nitrogens with two attached hydrogens (primary N) is 2. The lowest BCUT2D eigenvalue weighted by molar-refractivity contribution is 0.505. The number of allylic oxidation sites excluding steroid dienone is 1. The van der Waals surface area contributed by atoms with Crippen molar-refractivity contribution < 1.29 is 0 Å². The van der Waals surface area contributed by atoms with Crippen molar-refractivity contribution in [3.05, 3.63) is 11.5 Å². The Morgan fingerprint density at radius 1 is 1.19 bits per heavy atom. The van der Waals surface area contributed by atoms with Crippen LogP contribution in [0.25, 0.3) is 4.91 Å². The van der Waals surface area contributed by atoms with Crippen molar-refractivity contribution in [2.24, 2.45) is 10.8 Å². The van der Waals surface area contributed by atoms with E-state index in [9.17, 15) is 0 Å². The maximum atomic E-state index is 6.02. The number of rotatable bonds is 2. The van der Waals surface area contributed by atoms with Crippen molar-refractivity contribution >= 4 is 34.3 Å². The van der Waals surface area contributed by atoms with Gasteiger partial charge in [-0.25, -0.2) is 5.01 Å². The zero-order chi connectivity index (χ0) is 15.2. The van der Waals surface area contributed by atoms with Crippen LogP contribution in [0.2, 0.25) is 0 Å². The normalized spacial score (nSPS) is 21.1. The van der Waals surface area contributed by atoms with Gasteiger partial charge in [-0.15, -0.1) is 11.8 Å². The molecule has 0 saturated heterocycles. The second kappa shape index (κ2) is 4.87. The third-order valence-corrected chi connectivity index (χ3v) is 4.62. The van der Waals surface area contributed by atoms with Gasteiger partial charge in [0, 0.05) is 23.6 Å². The van der Waals surface area contributed by atoms with Gasteiger partial charge in [-0.05, 0) is 27.2 Å². The summed E-state index contributed by atoms with van der Waals surface area (Å²) in [5, 5.41) is 6.35. The molecule has 0 radical (unpaired) electrons. The number of hydrogen-bond acceptors (Lipinski definition) is 8. The molecule has 112 valence electrons. The summed E-state index contributed by atoms with van der Waals surface area (Å²) < 4.78 is 0. The summed E-state index contributed by atoms with van der Waals surface area (Å²) in [6, 6.07) is 0. The number of hydrazone groups is 1. The first-order valence-corrected chi connectivity index (χ1v) is 7.83. The van der Waals surface area contributed by atoms with Crippen LogP contribution in [-0.4, -0.2) is 32.0 Å². The second-order valence-corrected chi connectivity index (χ2v) is 7.01. The first kappa shape index (κ1) is 14.1. The van der Waals surface area contributed by atoms with E-state index in [2.05, 4.69) is 33.9 Å². The molecule has 0 saturated carbocycles. The fourth-order valence-corrected chi connectivity index (χ4v) is 3.65. The molecule has 3 heterocycles. The van der Waals surface area contributed by atoms with Crippen LogP contribution < -0.4 is 16.5 Å². The molecule has 2 aliphatic rings. The van der Waals surface area contributed by atoms with Gasteiger partial charge in [0.1, 0.15) is 0 Å². The van der Waals surface area contributed by atoms with Crippen LogP contribution in [0.15, 0.2) is 10.8 Å². The van der Waals surface area contributed by atoms with E-state index in [0.717, 1.165) is 34.9 Å². The zero-order valence-corrected chi connectivity index (χ0v) is 13.2. The van der Waals surface area contributed by atoms with Gasteiger partial charge < -0.3 is 11.5 Å². The second-order valence-electron chi connectivity index (χ2n) is 5.91. The Bertz CT molecular complexity index is 650. The molecule has 0 aliphatic carbocycles. The van der Waals surface area contributed by atoms with Gasteiger partial charge in [-0.3, -0.25) is 0 Å². The van der Waals surface area contributed by atoms with E-state index in [1.54, 1.807) is 11.8 Å². The summed E-state index contributed by atoms with van der Waals surface area (Å²) in [7, 11) is 0. The molecule has 3 rings (SSSR count). The molecule has 0 bridgehead atoms. The molecule has 0 amide bonds. The van der Waals surface area contributed by atoms with Gasteiger partial charge in [-0.1, -0.05) is 0 Å². The Balaban J connectivity index is 2.05. The van der Waals surface area contributed by atoms with Gasteiger partial charge in [-0.2, -0.15) is 20.1 Å². The van der Waals surface area contributed by atoms with Crippen LogP contribution in [-0.2, 0) is 0 Å². The van der Waals surface area contributed by atoms with E-state index >= 15 is 0 Å². The molecule has 4 N–H and O–H groups in total.